The Balaban J connectivity index is 2.23. The fourth-order valence-corrected chi connectivity index (χ4v) is 2.78. The Bertz CT molecular complexity index is 445. The molecule has 0 amide bonds. The molecule has 0 bridgehead atoms. The number of fused-ring (bicyclic) bond motifs is 1. The second-order valence-electron chi connectivity index (χ2n) is 5.81. The van der Waals surface area contributed by atoms with Crippen LogP contribution in [0.25, 0.3) is 0 Å². The molecule has 112 valence electrons. The summed E-state index contributed by atoms with van der Waals surface area (Å²) in [5.41, 5.74) is 4.22. The average Bonchev–Trinajstić information content (AvgIpc) is 2.42. The van der Waals surface area contributed by atoms with E-state index in [4.69, 9.17) is 4.74 Å². The summed E-state index contributed by atoms with van der Waals surface area (Å²) in [6, 6.07) is 5.23. The van der Waals surface area contributed by atoms with E-state index in [0.29, 0.717) is 6.04 Å². The Morgan fingerprint density at radius 2 is 2.10 bits per heavy atom. The molecule has 3 heteroatoms. The molecule has 3 nitrogen and oxygen atoms in total. The van der Waals surface area contributed by atoms with E-state index in [2.05, 4.69) is 50.2 Å². The minimum atomic E-state index is 0.622. The topological polar surface area (TPSA) is 24.5 Å². The van der Waals surface area contributed by atoms with Crippen LogP contribution in [0.2, 0.25) is 0 Å². The monoisotopic (exact) mass is 276 g/mol. The molecule has 1 heterocycles. The molecule has 20 heavy (non-hydrogen) atoms. The Morgan fingerprint density at radius 1 is 1.30 bits per heavy atom. The van der Waals surface area contributed by atoms with Crippen molar-refractivity contribution in [3.05, 3.63) is 28.8 Å². The molecule has 1 N–H and O–H groups in total. The first kappa shape index (κ1) is 15.3. The molecule has 1 unspecified atom stereocenters. The fraction of sp³-hybridized carbons (Fsp3) is 0.647. The third kappa shape index (κ3) is 3.53. The van der Waals surface area contributed by atoms with E-state index >= 15 is 0 Å². The molecule has 0 spiro atoms. The zero-order valence-corrected chi connectivity index (χ0v) is 13.3. The number of hydrogen-bond acceptors (Lipinski definition) is 3. The van der Waals surface area contributed by atoms with Crippen LogP contribution < -0.4 is 10.1 Å². The molecule has 0 aliphatic carbocycles. The molecular weight excluding hydrogens is 248 g/mol. The van der Waals surface area contributed by atoms with E-state index in [0.717, 1.165) is 44.8 Å². The van der Waals surface area contributed by atoms with Crippen molar-refractivity contribution in [2.75, 3.05) is 20.2 Å². The Hall–Kier alpha value is -1.06. The highest BCUT2D eigenvalue weighted by Crippen LogP contribution is 2.29. The van der Waals surface area contributed by atoms with Crippen LogP contribution >= 0.6 is 0 Å². The zero-order chi connectivity index (χ0) is 14.5. The summed E-state index contributed by atoms with van der Waals surface area (Å²) >= 11 is 0. The molecule has 1 aliphatic heterocycles. The van der Waals surface area contributed by atoms with Gasteiger partial charge >= 0.3 is 0 Å². The molecule has 0 saturated carbocycles. The predicted octanol–water partition coefficient (Wildman–Crippen LogP) is 2.96. The molecule has 2 rings (SSSR count). The number of nitrogens with one attached hydrogen (secondary N) is 1. The van der Waals surface area contributed by atoms with Crippen molar-refractivity contribution in [1.82, 2.24) is 10.2 Å². The highest BCUT2D eigenvalue weighted by atomic mass is 16.5. The highest BCUT2D eigenvalue weighted by molar-refractivity contribution is 5.44. The van der Waals surface area contributed by atoms with E-state index in [1.807, 2.05) is 0 Å². The Labute approximate surface area is 123 Å². The summed E-state index contributed by atoms with van der Waals surface area (Å²) in [6.07, 6.45) is 2.30. The first-order valence-corrected chi connectivity index (χ1v) is 7.84. The van der Waals surface area contributed by atoms with Crippen LogP contribution in [-0.2, 0) is 19.5 Å². The van der Waals surface area contributed by atoms with Crippen LogP contribution in [0.5, 0.6) is 5.75 Å². The molecule has 1 aliphatic rings. The summed E-state index contributed by atoms with van der Waals surface area (Å²) in [5, 5.41) is 3.49. The van der Waals surface area contributed by atoms with Crippen LogP contribution in [0, 0.1) is 0 Å². The van der Waals surface area contributed by atoms with Gasteiger partial charge in [-0.1, -0.05) is 13.0 Å². The van der Waals surface area contributed by atoms with Gasteiger partial charge in [0.1, 0.15) is 5.75 Å². The van der Waals surface area contributed by atoms with E-state index in [1.54, 1.807) is 0 Å². The van der Waals surface area contributed by atoms with Crippen molar-refractivity contribution in [1.29, 1.82) is 0 Å². The summed E-state index contributed by atoms with van der Waals surface area (Å²) in [7, 11) is 2.20. The number of ether oxygens (including phenoxy) is 1. The molecule has 0 fully saturated rings. The van der Waals surface area contributed by atoms with Gasteiger partial charge in [0, 0.05) is 24.7 Å². The summed E-state index contributed by atoms with van der Waals surface area (Å²) in [5.74, 6) is 1.05. The minimum absolute atomic E-state index is 0.622. The van der Waals surface area contributed by atoms with Crippen molar-refractivity contribution in [2.45, 2.75) is 52.7 Å². The van der Waals surface area contributed by atoms with E-state index in [1.165, 1.54) is 16.7 Å². The summed E-state index contributed by atoms with van der Waals surface area (Å²) < 4.78 is 5.84. The van der Waals surface area contributed by atoms with Gasteiger partial charge in [-0.2, -0.15) is 0 Å². The second-order valence-corrected chi connectivity index (χ2v) is 5.81. The molecule has 0 saturated heterocycles. The fourth-order valence-electron chi connectivity index (χ4n) is 2.78. The minimum Gasteiger partial charge on any atom is -0.494 e. The van der Waals surface area contributed by atoms with Crippen molar-refractivity contribution in [3.8, 4) is 5.75 Å². The lowest BCUT2D eigenvalue weighted by Gasteiger charge is -2.32. The average molecular weight is 276 g/mol. The lowest BCUT2D eigenvalue weighted by Crippen LogP contribution is -2.35. The van der Waals surface area contributed by atoms with Gasteiger partial charge in [0.2, 0.25) is 0 Å². The number of benzene rings is 1. The number of likely N-dealkylation sites (N-methyl/N-ethyl adjacent to an activating group) is 1. The zero-order valence-electron chi connectivity index (χ0n) is 13.3. The third-order valence-electron chi connectivity index (χ3n) is 4.11. The highest BCUT2D eigenvalue weighted by Gasteiger charge is 2.21. The predicted molar refractivity (Wildman–Crippen MR) is 84.2 cm³/mol. The van der Waals surface area contributed by atoms with Crippen molar-refractivity contribution < 1.29 is 4.74 Å². The molecule has 1 aromatic rings. The first-order chi connectivity index (χ1) is 9.65. The van der Waals surface area contributed by atoms with Gasteiger partial charge in [0.15, 0.2) is 0 Å². The maximum atomic E-state index is 5.84. The maximum Gasteiger partial charge on any atom is 0.124 e. The maximum absolute atomic E-state index is 5.84. The van der Waals surface area contributed by atoms with Crippen molar-refractivity contribution in [2.24, 2.45) is 0 Å². The van der Waals surface area contributed by atoms with Gasteiger partial charge in [-0.25, -0.2) is 0 Å². The van der Waals surface area contributed by atoms with Gasteiger partial charge in [0.25, 0.3) is 0 Å². The van der Waals surface area contributed by atoms with Gasteiger partial charge < -0.3 is 10.1 Å². The van der Waals surface area contributed by atoms with Gasteiger partial charge in [-0.3, -0.25) is 4.90 Å². The van der Waals surface area contributed by atoms with Gasteiger partial charge in [-0.15, -0.1) is 0 Å². The number of hydrogen-bond donors (Lipinski definition) is 1. The number of nitrogens with zero attached hydrogens (tertiary/aromatic N) is 1. The van der Waals surface area contributed by atoms with Crippen LogP contribution in [0.3, 0.4) is 0 Å². The summed E-state index contributed by atoms with van der Waals surface area (Å²) in [6.45, 7) is 10.3. The third-order valence-corrected chi connectivity index (χ3v) is 4.11. The van der Waals surface area contributed by atoms with Crippen LogP contribution in [0.1, 0.15) is 43.9 Å². The number of rotatable bonds is 6. The Kier molecular flexibility index (Phi) is 5.44. The lowest BCUT2D eigenvalue weighted by atomic mass is 9.93. The van der Waals surface area contributed by atoms with Crippen LogP contribution in [-0.4, -0.2) is 31.1 Å². The van der Waals surface area contributed by atoms with Crippen LogP contribution in [0.4, 0.5) is 0 Å². The van der Waals surface area contributed by atoms with E-state index < -0.39 is 0 Å². The van der Waals surface area contributed by atoms with E-state index in [9.17, 15) is 0 Å². The summed E-state index contributed by atoms with van der Waals surface area (Å²) in [4.78, 5) is 2.41. The Morgan fingerprint density at radius 3 is 2.80 bits per heavy atom. The van der Waals surface area contributed by atoms with Gasteiger partial charge in [0.05, 0.1) is 6.61 Å². The largest absolute Gasteiger partial charge is 0.494 e. The molecular formula is C17H28N2O. The van der Waals surface area contributed by atoms with Crippen molar-refractivity contribution in [3.63, 3.8) is 0 Å². The first-order valence-electron chi connectivity index (χ1n) is 7.84. The van der Waals surface area contributed by atoms with Gasteiger partial charge in [-0.05, 0) is 57.5 Å². The lowest BCUT2D eigenvalue weighted by molar-refractivity contribution is 0.230. The SMILES string of the molecule is CCCNCc1cc2c(cc1OCC)CN(C)C(C)C2. The van der Waals surface area contributed by atoms with E-state index in [-0.39, 0.29) is 0 Å². The quantitative estimate of drug-likeness (QED) is 0.809. The standard InChI is InChI=1S/C17H28N2O/c1-5-7-18-11-15-9-14-8-13(3)19(4)12-16(14)10-17(15)20-6-2/h9-10,13,18H,5-8,11-12H2,1-4H3. The second kappa shape index (κ2) is 7.09. The van der Waals surface area contributed by atoms with Crippen molar-refractivity contribution >= 4 is 0 Å². The molecule has 0 aromatic heterocycles. The smallest absolute Gasteiger partial charge is 0.124 e. The molecule has 1 atom stereocenters. The van der Waals surface area contributed by atoms with Crippen LogP contribution in [0.15, 0.2) is 12.1 Å². The molecule has 1 aromatic carbocycles. The normalized spacial score (nSPS) is 18.9. The molecule has 0 radical (unpaired) electrons.